The molecule has 110 valence electrons. The van der Waals surface area contributed by atoms with Gasteiger partial charge >= 0.3 is 0 Å². The van der Waals surface area contributed by atoms with E-state index in [9.17, 15) is 4.79 Å². The van der Waals surface area contributed by atoms with Gasteiger partial charge in [-0.3, -0.25) is 4.79 Å². The maximum absolute atomic E-state index is 12.4. The predicted octanol–water partition coefficient (Wildman–Crippen LogP) is 2.85. The average molecular weight is 301 g/mol. The van der Waals surface area contributed by atoms with Gasteiger partial charge in [0.1, 0.15) is 5.01 Å². The third kappa shape index (κ3) is 3.08. The van der Waals surface area contributed by atoms with Gasteiger partial charge in [-0.25, -0.2) is 4.98 Å². The molecule has 3 N–H and O–H groups in total. The van der Waals surface area contributed by atoms with E-state index in [0.717, 1.165) is 36.3 Å². The fourth-order valence-corrected chi connectivity index (χ4v) is 3.82. The third-order valence-electron chi connectivity index (χ3n) is 4.02. The van der Waals surface area contributed by atoms with E-state index in [1.165, 1.54) is 0 Å². The number of benzene rings is 1. The van der Waals surface area contributed by atoms with E-state index in [1.807, 2.05) is 35.8 Å². The number of amides is 1. The van der Waals surface area contributed by atoms with Gasteiger partial charge in [0.2, 0.25) is 5.91 Å². The van der Waals surface area contributed by atoms with Crippen molar-refractivity contribution in [2.45, 2.75) is 37.6 Å². The Kier molecular flexibility index (Phi) is 3.92. The number of thiazole rings is 1. The first kappa shape index (κ1) is 14.1. The van der Waals surface area contributed by atoms with Crippen molar-refractivity contribution in [3.8, 4) is 0 Å². The lowest BCUT2D eigenvalue weighted by atomic mass is 9.97. The van der Waals surface area contributed by atoms with Crippen molar-refractivity contribution in [3.63, 3.8) is 0 Å². The van der Waals surface area contributed by atoms with Crippen molar-refractivity contribution in [3.05, 3.63) is 46.4 Å². The number of nitrogens with two attached hydrogens (primary N) is 1. The molecule has 4 nitrogen and oxygen atoms in total. The summed E-state index contributed by atoms with van der Waals surface area (Å²) in [6.45, 7) is 0. The second-order valence-electron chi connectivity index (χ2n) is 5.59. The Morgan fingerprint density at radius 1 is 1.29 bits per heavy atom. The molecule has 0 bridgehead atoms. The van der Waals surface area contributed by atoms with Crippen molar-refractivity contribution in [1.82, 2.24) is 10.3 Å². The minimum Gasteiger partial charge on any atom is -0.399 e. The molecule has 0 unspecified atom stereocenters. The number of hydrogen-bond acceptors (Lipinski definition) is 4. The number of carbonyl (C=O) groups excluding carboxylic acids is 1. The van der Waals surface area contributed by atoms with E-state index < -0.39 is 0 Å². The van der Waals surface area contributed by atoms with Gasteiger partial charge in [-0.05, 0) is 30.5 Å². The molecule has 1 heterocycles. The zero-order valence-electron chi connectivity index (χ0n) is 11.8. The highest BCUT2D eigenvalue weighted by Gasteiger charge is 2.39. The second kappa shape index (κ2) is 5.85. The molecule has 5 heteroatoms. The molecule has 1 aromatic carbocycles. The minimum absolute atomic E-state index is 0.0527. The van der Waals surface area contributed by atoms with Crippen LogP contribution in [-0.4, -0.2) is 10.9 Å². The zero-order valence-corrected chi connectivity index (χ0v) is 12.7. The van der Waals surface area contributed by atoms with Gasteiger partial charge in [0.05, 0.1) is 12.0 Å². The molecule has 1 amide bonds. The molecule has 1 aliphatic carbocycles. The summed E-state index contributed by atoms with van der Waals surface area (Å²) in [6.07, 6.45) is 6.44. The summed E-state index contributed by atoms with van der Waals surface area (Å²) in [5, 5.41) is 6.24. The molecule has 2 aromatic rings. The van der Waals surface area contributed by atoms with Crippen LogP contribution in [0.4, 0.5) is 5.69 Å². The normalized spacial score (nSPS) is 16.8. The van der Waals surface area contributed by atoms with E-state index in [1.54, 1.807) is 11.3 Å². The highest BCUT2D eigenvalue weighted by molar-refractivity contribution is 7.09. The van der Waals surface area contributed by atoms with Crippen LogP contribution < -0.4 is 11.1 Å². The maximum atomic E-state index is 12.4. The zero-order chi connectivity index (χ0) is 14.7. The molecule has 1 aliphatic rings. The Morgan fingerprint density at radius 3 is 2.62 bits per heavy atom. The number of nitrogen functional groups attached to an aromatic ring is 1. The molecular weight excluding hydrogens is 282 g/mol. The van der Waals surface area contributed by atoms with Crippen LogP contribution in [0.1, 0.15) is 36.3 Å². The van der Waals surface area contributed by atoms with Gasteiger partial charge in [0.25, 0.3) is 0 Å². The first-order chi connectivity index (χ1) is 10.2. The molecule has 0 radical (unpaired) electrons. The smallest absolute Gasteiger partial charge is 0.225 e. The first-order valence-electron chi connectivity index (χ1n) is 7.23. The lowest BCUT2D eigenvalue weighted by molar-refractivity contribution is -0.122. The van der Waals surface area contributed by atoms with Crippen LogP contribution in [-0.2, 0) is 16.8 Å². The quantitative estimate of drug-likeness (QED) is 0.853. The van der Waals surface area contributed by atoms with Gasteiger partial charge in [-0.2, -0.15) is 0 Å². The van der Waals surface area contributed by atoms with Gasteiger partial charge in [-0.1, -0.05) is 25.0 Å². The molecule has 0 atom stereocenters. The number of hydrogen-bond donors (Lipinski definition) is 2. The van der Waals surface area contributed by atoms with Crippen molar-refractivity contribution in [1.29, 1.82) is 0 Å². The SMILES string of the molecule is Nc1ccc(CC(=O)NC2(c3nccs3)CCCC2)cc1. The molecule has 1 saturated carbocycles. The van der Waals surface area contributed by atoms with Crippen LogP contribution in [0, 0.1) is 0 Å². The van der Waals surface area contributed by atoms with Gasteiger partial charge in [-0.15, -0.1) is 11.3 Å². The van der Waals surface area contributed by atoms with E-state index in [4.69, 9.17) is 5.73 Å². The van der Waals surface area contributed by atoms with Crippen LogP contribution in [0.5, 0.6) is 0 Å². The largest absolute Gasteiger partial charge is 0.399 e. The Hall–Kier alpha value is -1.88. The molecule has 0 spiro atoms. The molecule has 0 aliphatic heterocycles. The Labute approximate surface area is 128 Å². The molecule has 3 rings (SSSR count). The maximum Gasteiger partial charge on any atom is 0.225 e. The Morgan fingerprint density at radius 2 is 2.00 bits per heavy atom. The van der Waals surface area contributed by atoms with Gasteiger partial charge in [0.15, 0.2) is 0 Å². The first-order valence-corrected chi connectivity index (χ1v) is 8.11. The van der Waals surface area contributed by atoms with E-state index in [2.05, 4.69) is 10.3 Å². The van der Waals surface area contributed by atoms with E-state index >= 15 is 0 Å². The summed E-state index contributed by atoms with van der Waals surface area (Å²) in [5.41, 5.74) is 7.11. The summed E-state index contributed by atoms with van der Waals surface area (Å²) in [4.78, 5) is 16.8. The Bertz CT molecular complexity index is 601. The topological polar surface area (TPSA) is 68.0 Å². The molecule has 21 heavy (non-hydrogen) atoms. The Balaban J connectivity index is 1.71. The van der Waals surface area contributed by atoms with Gasteiger partial charge < -0.3 is 11.1 Å². The monoisotopic (exact) mass is 301 g/mol. The highest BCUT2D eigenvalue weighted by Crippen LogP contribution is 2.39. The number of carbonyl (C=O) groups is 1. The number of nitrogens with zero attached hydrogens (tertiary/aromatic N) is 1. The average Bonchev–Trinajstić information content (AvgIpc) is 3.12. The van der Waals surface area contributed by atoms with Crippen molar-refractivity contribution >= 4 is 22.9 Å². The summed E-state index contributed by atoms with van der Waals surface area (Å²) in [5.74, 6) is 0.0527. The lowest BCUT2D eigenvalue weighted by Crippen LogP contribution is -2.44. The number of anilines is 1. The van der Waals surface area contributed by atoms with Crippen LogP contribution in [0.25, 0.3) is 0 Å². The molecular formula is C16H19N3OS. The summed E-state index contributed by atoms with van der Waals surface area (Å²) >= 11 is 1.63. The number of aromatic nitrogens is 1. The standard InChI is InChI=1S/C16H19N3OS/c17-13-5-3-12(4-6-13)11-14(20)19-16(7-1-2-8-16)15-18-9-10-21-15/h3-6,9-10H,1-2,7-8,11,17H2,(H,19,20). The van der Waals surface area contributed by atoms with Crippen LogP contribution >= 0.6 is 11.3 Å². The van der Waals surface area contributed by atoms with Crippen molar-refractivity contribution in [2.24, 2.45) is 0 Å². The van der Waals surface area contributed by atoms with Crippen LogP contribution in [0.15, 0.2) is 35.8 Å². The van der Waals surface area contributed by atoms with Gasteiger partial charge in [0, 0.05) is 17.3 Å². The predicted molar refractivity (Wildman–Crippen MR) is 85.0 cm³/mol. The fraction of sp³-hybridized carbons (Fsp3) is 0.375. The van der Waals surface area contributed by atoms with Crippen LogP contribution in [0.2, 0.25) is 0 Å². The lowest BCUT2D eigenvalue weighted by Gasteiger charge is -2.28. The summed E-state index contributed by atoms with van der Waals surface area (Å²) in [7, 11) is 0. The fourth-order valence-electron chi connectivity index (χ4n) is 2.96. The second-order valence-corrected chi connectivity index (χ2v) is 6.49. The summed E-state index contributed by atoms with van der Waals surface area (Å²) < 4.78 is 0. The third-order valence-corrected chi connectivity index (χ3v) is 5.00. The minimum atomic E-state index is -0.251. The highest BCUT2D eigenvalue weighted by atomic mass is 32.1. The molecule has 0 saturated heterocycles. The number of nitrogens with one attached hydrogen (secondary N) is 1. The van der Waals surface area contributed by atoms with Crippen molar-refractivity contribution in [2.75, 3.05) is 5.73 Å². The van der Waals surface area contributed by atoms with Crippen LogP contribution in [0.3, 0.4) is 0 Å². The van der Waals surface area contributed by atoms with E-state index in [0.29, 0.717) is 12.1 Å². The molecule has 1 fully saturated rings. The molecule has 1 aromatic heterocycles. The van der Waals surface area contributed by atoms with E-state index in [-0.39, 0.29) is 11.4 Å². The van der Waals surface area contributed by atoms with Crippen molar-refractivity contribution < 1.29 is 4.79 Å². The summed E-state index contributed by atoms with van der Waals surface area (Å²) in [6, 6.07) is 7.46. The number of rotatable bonds is 4.